The molecule has 0 radical (unpaired) electrons. The van der Waals surface area contributed by atoms with Crippen molar-refractivity contribution >= 4 is 46.9 Å². The van der Waals surface area contributed by atoms with Crippen molar-refractivity contribution in [1.29, 1.82) is 0 Å². The van der Waals surface area contributed by atoms with E-state index in [1.165, 1.54) is 18.3 Å². The number of para-hydroxylation sites is 1. The van der Waals surface area contributed by atoms with Gasteiger partial charge in [0, 0.05) is 10.7 Å². The molecule has 0 aliphatic carbocycles. The average Bonchev–Trinajstić information content (AvgIpc) is 2.77. The molecule has 3 amide bonds. The summed E-state index contributed by atoms with van der Waals surface area (Å²) in [6.07, 6.45) is 1.43. The fraction of sp³-hybridized carbons (Fsp3) is 0.0435. The lowest BCUT2D eigenvalue weighted by atomic mass is 10.1. The number of hydrogen-bond donors (Lipinski definition) is 3. The predicted molar refractivity (Wildman–Crippen MR) is 121 cm³/mol. The molecule has 0 bridgehead atoms. The van der Waals surface area contributed by atoms with Crippen LogP contribution in [0.25, 0.3) is 0 Å². The van der Waals surface area contributed by atoms with Crippen molar-refractivity contribution in [3.05, 3.63) is 94.5 Å². The SMILES string of the molecule is Cc1ccc(/C=N/NC(=O)C(=O)Nc2ccccc2C(=O)Nc2ccc(Cl)cc2)cc1. The van der Waals surface area contributed by atoms with Crippen molar-refractivity contribution in [2.75, 3.05) is 10.6 Å². The number of hydrogen-bond acceptors (Lipinski definition) is 4. The molecule has 156 valence electrons. The second kappa shape index (κ2) is 10.2. The summed E-state index contributed by atoms with van der Waals surface area (Å²) in [5.41, 5.74) is 4.96. The van der Waals surface area contributed by atoms with E-state index in [1.807, 2.05) is 31.2 Å². The first kappa shape index (κ1) is 21.7. The minimum atomic E-state index is -0.962. The summed E-state index contributed by atoms with van der Waals surface area (Å²) < 4.78 is 0. The van der Waals surface area contributed by atoms with E-state index in [0.717, 1.165) is 11.1 Å². The van der Waals surface area contributed by atoms with Gasteiger partial charge >= 0.3 is 11.8 Å². The molecule has 0 unspecified atom stereocenters. The first-order valence-corrected chi connectivity index (χ1v) is 9.67. The molecule has 0 saturated carbocycles. The number of carbonyl (C=O) groups excluding carboxylic acids is 3. The van der Waals surface area contributed by atoms with E-state index in [2.05, 4.69) is 21.2 Å². The van der Waals surface area contributed by atoms with E-state index in [-0.39, 0.29) is 11.3 Å². The van der Waals surface area contributed by atoms with Crippen molar-refractivity contribution in [3.63, 3.8) is 0 Å². The molecule has 0 spiro atoms. The van der Waals surface area contributed by atoms with Gasteiger partial charge in [0.15, 0.2) is 0 Å². The Kier molecular flexibility index (Phi) is 7.13. The Morgan fingerprint density at radius 2 is 1.52 bits per heavy atom. The number of nitrogens with zero attached hydrogens (tertiary/aromatic N) is 1. The van der Waals surface area contributed by atoms with Crippen molar-refractivity contribution < 1.29 is 14.4 Å². The molecule has 0 aromatic heterocycles. The second-order valence-corrected chi connectivity index (χ2v) is 7.01. The van der Waals surface area contributed by atoms with E-state index in [1.54, 1.807) is 36.4 Å². The van der Waals surface area contributed by atoms with Crippen LogP contribution in [0.1, 0.15) is 21.5 Å². The number of nitrogens with one attached hydrogen (secondary N) is 3. The number of halogens is 1. The van der Waals surface area contributed by atoms with Gasteiger partial charge in [-0.2, -0.15) is 5.10 Å². The maximum absolute atomic E-state index is 12.6. The summed E-state index contributed by atoms with van der Waals surface area (Å²) in [5, 5.41) is 9.47. The quantitative estimate of drug-likeness (QED) is 0.321. The highest BCUT2D eigenvalue weighted by Gasteiger charge is 2.17. The molecule has 3 aromatic carbocycles. The largest absolute Gasteiger partial charge is 0.329 e. The molecule has 0 atom stereocenters. The van der Waals surface area contributed by atoms with Gasteiger partial charge in [0.25, 0.3) is 5.91 Å². The standard InChI is InChI=1S/C23H19ClN4O3/c1-15-6-8-16(9-7-15)14-25-28-23(31)22(30)27-20-5-3-2-4-19(20)21(29)26-18-12-10-17(24)11-13-18/h2-14H,1H3,(H,26,29)(H,27,30)(H,28,31)/b25-14+. The Bertz CT molecular complexity index is 1130. The van der Waals surface area contributed by atoms with Gasteiger partial charge < -0.3 is 10.6 Å². The van der Waals surface area contributed by atoms with Gasteiger partial charge in [-0.1, -0.05) is 53.6 Å². The van der Waals surface area contributed by atoms with Gasteiger partial charge in [-0.25, -0.2) is 5.43 Å². The lowest BCUT2D eigenvalue weighted by molar-refractivity contribution is -0.136. The Balaban J connectivity index is 1.63. The summed E-state index contributed by atoms with van der Waals surface area (Å²) in [5.74, 6) is -2.36. The summed E-state index contributed by atoms with van der Waals surface area (Å²) in [6, 6.07) is 20.4. The second-order valence-electron chi connectivity index (χ2n) is 6.57. The maximum atomic E-state index is 12.6. The van der Waals surface area contributed by atoms with E-state index < -0.39 is 17.7 Å². The van der Waals surface area contributed by atoms with Gasteiger partial charge in [-0.3, -0.25) is 14.4 Å². The Labute approximate surface area is 184 Å². The minimum Gasteiger partial charge on any atom is -0.322 e. The van der Waals surface area contributed by atoms with Crippen LogP contribution in [-0.4, -0.2) is 23.9 Å². The van der Waals surface area contributed by atoms with Crippen LogP contribution in [0, 0.1) is 6.92 Å². The van der Waals surface area contributed by atoms with E-state index in [0.29, 0.717) is 10.7 Å². The monoisotopic (exact) mass is 434 g/mol. The highest BCUT2D eigenvalue weighted by molar-refractivity contribution is 6.40. The molecule has 0 fully saturated rings. The summed E-state index contributed by atoms with van der Waals surface area (Å²) >= 11 is 5.85. The van der Waals surface area contributed by atoms with E-state index in [4.69, 9.17) is 11.6 Å². The van der Waals surface area contributed by atoms with Gasteiger partial charge in [-0.05, 0) is 48.9 Å². The Morgan fingerprint density at radius 1 is 0.839 bits per heavy atom. The third-order valence-electron chi connectivity index (χ3n) is 4.19. The van der Waals surface area contributed by atoms with Crippen LogP contribution in [0.5, 0.6) is 0 Å². The number of benzene rings is 3. The topological polar surface area (TPSA) is 99.7 Å². The van der Waals surface area contributed by atoms with Crippen LogP contribution in [0.4, 0.5) is 11.4 Å². The third kappa shape index (κ3) is 6.25. The molecule has 3 N–H and O–H groups in total. The molecule has 3 aromatic rings. The molecule has 0 saturated heterocycles. The van der Waals surface area contributed by atoms with Crippen LogP contribution < -0.4 is 16.1 Å². The van der Waals surface area contributed by atoms with Crippen LogP contribution in [0.2, 0.25) is 5.02 Å². The number of anilines is 2. The van der Waals surface area contributed by atoms with Crippen molar-refractivity contribution in [3.8, 4) is 0 Å². The molecular formula is C23H19ClN4O3. The first-order chi connectivity index (χ1) is 14.9. The lowest BCUT2D eigenvalue weighted by Crippen LogP contribution is -2.33. The summed E-state index contributed by atoms with van der Waals surface area (Å²) in [7, 11) is 0. The Hall–Kier alpha value is -3.97. The molecule has 0 aliphatic rings. The number of aryl methyl sites for hydroxylation is 1. The molecule has 7 nitrogen and oxygen atoms in total. The molecule has 0 aliphatic heterocycles. The van der Waals surface area contributed by atoms with Gasteiger partial charge in [0.2, 0.25) is 0 Å². The van der Waals surface area contributed by atoms with E-state index >= 15 is 0 Å². The van der Waals surface area contributed by atoms with Gasteiger partial charge in [0.05, 0.1) is 17.5 Å². The highest BCUT2D eigenvalue weighted by atomic mass is 35.5. The van der Waals surface area contributed by atoms with Crippen molar-refractivity contribution in [2.24, 2.45) is 5.10 Å². The molecule has 0 heterocycles. The first-order valence-electron chi connectivity index (χ1n) is 9.29. The lowest BCUT2D eigenvalue weighted by Gasteiger charge is -2.11. The number of carbonyl (C=O) groups is 3. The maximum Gasteiger partial charge on any atom is 0.329 e. The van der Waals surface area contributed by atoms with Crippen LogP contribution in [0.3, 0.4) is 0 Å². The van der Waals surface area contributed by atoms with Gasteiger partial charge in [-0.15, -0.1) is 0 Å². The van der Waals surface area contributed by atoms with Gasteiger partial charge in [0.1, 0.15) is 0 Å². The number of hydrazone groups is 1. The van der Waals surface area contributed by atoms with Crippen molar-refractivity contribution in [1.82, 2.24) is 5.43 Å². The number of amides is 3. The zero-order valence-corrected chi connectivity index (χ0v) is 17.3. The molecule has 8 heteroatoms. The fourth-order valence-electron chi connectivity index (χ4n) is 2.57. The predicted octanol–water partition coefficient (Wildman–Crippen LogP) is 3.99. The summed E-state index contributed by atoms with van der Waals surface area (Å²) in [4.78, 5) is 36.9. The zero-order valence-electron chi connectivity index (χ0n) is 16.6. The van der Waals surface area contributed by atoms with Crippen LogP contribution in [-0.2, 0) is 9.59 Å². The van der Waals surface area contributed by atoms with Crippen LogP contribution >= 0.6 is 11.6 Å². The van der Waals surface area contributed by atoms with Crippen molar-refractivity contribution in [2.45, 2.75) is 6.92 Å². The summed E-state index contributed by atoms with van der Waals surface area (Å²) in [6.45, 7) is 1.96. The zero-order chi connectivity index (χ0) is 22.2. The van der Waals surface area contributed by atoms with E-state index in [9.17, 15) is 14.4 Å². The number of rotatable bonds is 5. The normalized spacial score (nSPS) is 10.5. The van der Waals surface area contributed by atoms with Crippen LogP contribution in [0.15, 0.2) is 77.9 Å². The Morgan fingerprint density at radius 3 is 2.23 bits per heavy atom. The molecule has 31 heavy (non-hydrogen) atoms. The average molecular weight is 435 g/mol. The fourth-order valence-corrected chi connectivity index (χ4v) is 2.70. The minimum absolute atomic E-state index is 0.191. The molecule has 3 rings (SSSR count). The smallest absolute Gasteiger partial charge is 0.322 e. The third-order valence-corrected chi connectivity index (χ3v) is 4.44. The molecular weight excluding hydrogens is 416 g/mol. The highest BCUT2D eigenvalue weighted by Crippen LogP contribution is 2.19.